The van der Waals surface area contributed by atoms with E-state index in [1.807, 2.05) is 6.92 Å². The average molecular weight is 197 g/mol. The first-order valence-corrected chi connectivity index (χ1v) is 4.57. The number of hydrogen-bond acceptors (Lipinski definition) is 4. The van der Waals surface area contributed by atoms with Gasteiger partial charge in [0.2, 0.25) is 5.91 Å². The second-order valence-corrected chi connectivity index (χ2v) is 3.14. The Bertz CT molecular complexity index is 308. The topological polar surface area (TPSA) is 99.8 Å². The van der Waals surface area contributed by atoms with Gasteiger partial charge in [-0.1, -0.05) is 12.1 Å². The molecule has 14 heavy (non-hydrogen) atoms. The molecule has 0 bridgehead atoms. The van der Waals surface area contributed by atoms with Crippen molar-refractivity contribution in [2.45, 2.75) is 32.4 Å². The van der Waals surface area contributed by atoms with E-state index in [0.29, 0.717) is 6.54 Å². The summed E-state index contributed by atoms with van der Waals surface area (Å²) >= 11 is 0. The third kappa shape index (κ3) is 2.81. The van der Waals surface area contributed by atoms with Gasteiger partial charge in [-0.3, -0.25) is 9.48 Å². The van der Waals surface area contributed by atoms with Crippen LogP contribution in [0.3, 0.4) is 0 Å². The van der Waals surface area contributed by atoms with Crippen LogP contribution in [0.4, 0.5) is 0 Å². The van der Waals surface area contributed by atoms with E-state index in [4.69, 9.17) is 11.5 Å². The zero-order chi connectivity index (χ0) is 10.6. The van der Waals surface area contributed by atoms with Crippen molar-refractivity contribution in [1.82, 2.24) is 15.0 Å². The number of amides is 1. The molecule has 1 amide bonds. The van der Waals surface area contributed by atoms with Crippen molar-refractivity contribution in [3.05, 3.63) is 11.9 Å². The molecule has 1 rings (SSSR count). The first-order valence-electron chi connectivity index (χ1n) is 4.57. The van der Waals surface area contributed by atoms with Crippen LogP contribution in [0.1, 0.15) is 31.5 Å². The van der Waals surface area contributed by atoms with E-state index in [-0.39, 0.29) is 18.4 Å². The fraction of sp³-hybridized carbons (Fsp3) is 0.625. The van der Waals surface area contributed by atoms with Crippen LogP contribution in [0.5, 0.6) is 0 Å². The van der Waals surface area contributed by atoms with Crippen molar-refractivity contribution in [3.8, 4) is 0 Å². The lowest BCUT2D eigenvalue weighted by Gasteiger charge is -2.01. The van der Waals surface area contributed by atoms with Crippen LogP contribution in [0, 0.1) is 0 Å². The van der Waals surface area contributed by atoms with Gasteiger partial charge in [-0.25, -0.2) is 0 Å². The molecule has 1 heterocycles. The zero-order valence-electron chi connectivity index (χ0n) is 8.18. The Labute approximate surface area is 82.3 Å². The van der Waals surface area contributed by atoms with Crippen LogP contribution in [0.2, 0.25) is 0 Å². The number of carbonyl (C=O) groups is 1. The highest BCUT2D eigenvalue weighted by atomic mass is 16.1. The maximum absolute atomic E-state index is 10.5. The minimum absolute atomic E-state index is 0.0858. The van der Waals surface area contributed by atoms with Crippen LogP contribution in [0.25, 0.3) is 0 Å². The van der Waals surface area contributed by atoms with Gasteiger partial charge in [0.15, 0.2) is 0 Å². The Morgan fingerprint density at radius 3 is 3.00 bits per heavy atom. The lowest BCUT2D eigenvalue weighted by atomic mass is 10.2. The van der Waals surface area contributed by atoms with E-state index in [9.17, 15) is 4.79 Å². The molecule has 0 radical (unpaired) electrons. The smallest absolute Gasteiger partial charge is 0.219 e. The normalized spacial score (nSPS) is 12.7. The van der Waals surface area contributed by atoms with E-state index in [1.54, 1.807) is 10.9 Å². The summed E-state index contributed by atoms with van der Waals surface area (Å²) < 4.78 is 1.58. The molecule has 0 saturated carbocycles. The first-order chi connectivity index (χ1) is 6.63. The van der Waals surface area contributed by atoms with E-state index in [0.717, 1.165) is 12.1 Å². The molecule has 0 saturated heterocycles. The molecular formula is C8H15N5O. The van der Waals surface area contributed by atoms with Crippen LogP contribution in [0.15, 0.2) is 6.20 Å². The first kappa shape index (κ1) is 10.6. The lowest BCUT2D eigenvalue weighted by molar-refractivity contribution is -0.118. The summed E-state index contributed by atoms with van der Waals surface area (Å²) in [7, 11) is 0. The predicted molar refractivity (Wildman–Crippen MR) is 51.1 cm³/mol. The van der Waals surface area contributed by atoms with Gasteiger partial charge in [-0.05, 0) is 6.42 Å². The van der Waals surface area contributed by atoms with Gasteiger partial charge >= 0.3 is 0 Å². The van der Waals surface area contributed by atoms with Gasteiger partial charge < -0.3 is 11.5 Å². The number of hydrogen-bond donors (Lipinski definition) is 2. The Balaban J connectivity index is 2.54. The minimum Gasteiger partial charge on any atom is -0.370 e. The average Bonchev–Trinajstić information content (AvgIpc) is 2.62. The number of nitrogens with two attached hydrogens (primary N) is 2. The van der Waals surface area contributed by atoms with Gasteiger partial charge in [0, 0.05) is 6.42 Å². The molecule has 1 aromatic heterocycles. The predicted octanol–water partition coefficient (Wildman–Crippen LogP) is -0.437. The third-order valence-corrected chi connectivity index (χ3v) is 1.96. The molecule has 0 spiro atoms. The highest BCUT2D eigenvalue weighted by molar-refractivity contribution is 5.73. The number of aryl methyl sites for hydroxylation is 1. The zero-order valence-corrected chi connectivity index (χ0v) is 8.18. The fourth-order valence-corrected chi connectivity index (χ4v) is 1.03. The standard InChI is InChI=1S/C8H15N5O/c1-2-6(9)7-5-13(12-11-7)4-3-8(10)14/h5-6H,2-4,9H2,1H3,(H2,10,14). The van der Waals surface area contributed by atoms with Crippen molar-refractivity contribution >= 4 is 5.91 Å². The molecule has 0 aliphatic heterocycles. The second-order valence-electron chi connectivity index (χ2n) is 3.14. The summed E-state index contributed by atoms with van der Waals surface area (Å²) in [6, 6.07) is -0.0858. The Morgan fingerprint density at radius 1 is 1.71 bits per heavy atom. The number of aromatic nitrogens is 3. The number of rotatable bonds is 5. The molecule has 1 unspecified atom stereocenters. The monoisotopic (exact) mass is 197 g/mol. The molecule has 0 aliphatic carbocycles. The molecule has 0 fully saturated rings. The summed E-state index contributed by atoms with van der Waals surface area (Å²) in [4.78, 5) is 10.5. The van der Waals surface area contributed by atoms with Crippen LogP contribution in [-0.2, 0) is 11.3 Å². The van der Waals surface area contributed by atoms with E-state index in [1.165, 1.54) is 0 Å². The van der Waals surface area contributed by atoms with Crippen LogP contribution in [-0.4, -0.2) is 20.9 Å². The Kier molecular flexibility index (Phi) is 3.58. The van der Waals surface area contributed by atoms with Crippen LogP contribution < -0.4 is 11.5 Å². The highest BCUT2D eigenvalue weighted by Gasteiger charge is 2.08. The van der Waals surface area contributed by atoms with Crippen molar-refractivity contribution in [3.63, 3.8) is 0 Å². The molecule has 4 N–H and O–H groups in total. The summed E-state index contributed by atoms with van der Waals surface area (Å²) in [6.07, 6.45) is 2.83. The minimum atomic E-state index is -0.346. The highest BCUT2D eigenvalue weighted by Crippen LogP contribution is 2.08. The summed E-state index contributed by atoms with van der Waals surface area (Å²) in [5.41, 5.74) is 11.5. The van der Waals surface area contributed by atoms with Gasteiger partial charge in [0.1, 0.15) is 0 Å². The summed E-state index contributed by atoms with van der Waals surface area (Å²) in [5.74, 6) is -0.346. The SMILES string of the molecule is CCC(N)c1cn(CCC(N)=O)nn1. The Morgan fingerprint density at radius 2 is 2.43 bits per heavy atom. The van der Waals surface area contributed by atoms with E-state index in [2.05, 4.69) is 10.3 Å². The molecule has 1 atom stereocenters. The maximum Gasteiger partial charge on any atom is 0.219 e. The van der Waals surface area contributed by atoms with Crippen molar-refractivity contribution < 1.29 is 4.79 Å². The van der Waals surface area contributed by atoms with Crippen LogP contribution >= 0.6 is 0 Å². The summed E-state index contributed by atoms with van der Waals surface area (Å²) in [5, 5.41) is 7.74. The van der Waals surface area contributed by atoms with Crippen molar-refractivity contribution in [2.24, 2.45) is 11.5 Å². The number of carbonyl (C=O) groups excluding carboxylic acids is 1. The molecule has 6 heteroatoms. The van der Waals surface area contributed by atoms with E-state index < -0.39 is 0 Å². The molecular weight excluding hydrogens is 182 g/mol. The summed E-state index contributed by atoms with van der Waals surface area (Å²) in [6.45, 7) is 2.44. The molecule has 78 valence electrons. The van der Waals surface area contributed by atoms with Gasteiger partial charge in [0.05, 0.1) is 24.5 Å². The van der Waals surface area contributed by atoms with Gasteiger partial charge in [0.25, 0.3) is 0 Å². The fourth-order valence-electron chi connectivity index (χ4n) is 1.03. The number of primary amides is 1. The number of nitrogens with zero attached hydrogens (tertiary/aromatic N) is 3. The maximum atomic E-state index is 10.5. The molecule has 1 aromatic rings. The molecule has 0 aromatic carbocycles. The quantitative estimate of drug-likeness (QED) is 0.668. The largest absolute Gasteiger partial charge is 0.370 e. The lowest BCUT2D eigenvalue weighted by Crippen LogP contribution is -2.14. The van der Waals surface area contributed by atoms with E-state index >= 15 is 0 Å². The molecule has 6 nitrogen and oxygen atoms in total. The van der Waals surface area contributed by atoms with Crippen molar-refractivity contribution in [1.29, 1.82) is 0 Å². The molecule has 0 aliphatic rings. The Hall–Kier alpha value is -1.43. The third-order valence-electron chi connectivity index (χ3n) is 1.96. The second kappa shape index (κ2) is 4.71. The van der Waals surface area contributed by atoms with Gasteiger partial charge in [-0.15, -0.1) is 5.10 Å². The van der Waals surface area contributed by atoms with Gasteiger partial charge in [-0.2, -0.15) is 0 Å². The van der Waals surface area contributed by atoms with Crippen molar-refractivity contribution in [2.75, 3.05) is 0 Å².